The SMILES string of the molecule is Cc1cc(OCc2ccccc2)ccc1/C(O)=C1\C(=O)C(=O)N(CCCN2CCOCC2)[C@H]1c1ccncc1. The molecule has 2 fully saturated rings. The summed E-state index contributed by atoms with van der Waals surface area (Å²) in [6.07, 6.45) is 3.97. The molecule has 0 unspecified atom stereocenters. The summed E-state index contributed by atoms with van der Waals surface area (Å²) in [7, 11) is 0. The van der Waals surface area contributed by atoms with Crippen molar-refractivity contribution in [1.82, 2.24) is 14.8 Å². The number of morpholine rings is 1. The van der Waals surface area contributed by atoms with E-state index in [0.29, 0.717) is 44.1 Å². The molecule has 0 radical (unpaired) electrons. The summed E-state index contributed by atoms with van der Waals surface area (Å²) in [6, 6.07) is 18.1. The molecule has 1 aromatic heterocycles. The largest absolute Gasteiger partial charge is 0.507 e. The highest BCUT2D eigenvalue weighted by Crippen LogP contribution is 2.40. The first kappa shape index (κ1) is 26.6. The minimum atomic E-state index is -0.689. The van der Waals surface area contributed by atoms with Crippen molar-refractivity contribution in [3.63, 3.8) is 0 Å². The molecule has 0 saturated carbocycles. The van der Waals surface area contributed by atoms with E-state index in [-0.39, 0.29) is 11.3 Å². The standard InChI is InChI=1S/C31H33N3O5/c1-22-20-25(39-21-23-6-3-2-4-7-23)8-9-26(22)29(35)27-28(24-10-12-32-13-11-24)34(31(37)30(27)36)15-5-14-33-16-18-38-19-17-33/h2-4,6-13,20,28,35H,5,14-19,21H2,1H3/b29-27+/t28-/m0/s1. The Hall–Kier alpha value is -4.01. The Kier molecular flexibility index (Phi) is 8.34. The van der Waals surface area contributed by atoms with Crippen LogP contribution in [0.5, 0.6) is 5.75 Å². The van der Waals surface area contributed by atoms with Crippen LogP contribution in [-0.4, -0.2) is 71.0 Å². The van der Waals surface area contributed by atoms with Crippen LogP contribution >= 0.6 is 0 Å². The molecule has 2 aliphatic rings. The number of aliphatic hydroxyl groups is 1. The number of pyridine rings is 1. The maximum atomic E-state index is 13.3. The summed E-state index contributed by atoms with van der Waals surface area (Å²) in [5, 5.41) is 11.5. The number of carbonyl (C=O) groups excluding carboxylic acids is 2. The van der Waals surface area contributed by atoms with Gasteiger partial charge in [-0.15, -0.1) is 0 Å². The minimum Gasteiger partial charge on any atom is -0.507 e. The van der Waals surface area contributed by atoms with Crippen molar-refractivity contribution >= 4 is 17.4 Å². The molecule has 1 atom stereocenters. The number of hydrogen-bond acceptors (Lipinski definition) is 7. The molecule has 2 aliphatic heterocycles. The first-order chi connectivity index (χ1) is 19.0. The molecule has 2 aromatic carbocycles. The predicted octanol–water partition coefficient (Wildman–Crippen LogP) is 4.11. The highest BCUT2D eigenvalue weighted by Gasteiger charge is 2.46. The number of nitrogens with zero attached hydrogens (tertiary/aromatic N) is 3. The summed E-state index contributed by atoms with van der Waals surface area (Å²) < 4.78 is 11.3. The zero-order valence-electron chi connectivity index (χ0n) is 22.1. The monoisotopic (exact) mass is 527 g/mol. The van der Waals surface area contributed by atoms with Crippen LogP contribution in [0.25, 0.3) is 5.76 Å². The van der Waals surface area contributed by atoms with Crippen LogP contribution in [0.3, 0.4) is 0 Å². The molecule has 39 heavy (non-hydrogen) atoms. The van der Waals surface area contributed by atoms with E-state index < -0.39 is 17.7 Å². The van der Waals surface area contributed by atoms with Gasteiger partial charge in [-0.3, -0.25) is 19.5 Å². The third-order valence-corrected chi connectivity index (χ3v) is 7.24. The van der Waals surface area contributed by atoms with Crippen LogP contribution in [0.15, 0.2) is 78.6 Å². The van der Waals surface area contributed by atoms with Gasteiger partial charge in [-0.05, 0) is 60.4 Å². The molecule has 0 spiro atoms. The molecular formula is C31H33N3O5. The lowest BCUT2D eigenvalue weighted by molar-refractivity contribution is -0.140. The van der Waals surface area contributed by atoms with Gasteiger partial charge in [0.05, 0.1) is 24.8 Å². The zero-order valence-corrected chi connectivity index (χ0v) is 22.1. The number of carbonyl (C=O) groups is 2. The summed E-state index contributed by atoms with van der Waals surface area (Å²) in [5.41, 5.74) is 3.11. The van der Waals surface area contributed by atoms with Crippen LogP contribution in [0.2, 0.25) is 0 Å². The van der Waals surface area contributed by atoms with E-state index in [1.807, 2.05) is 43.3 Å². The van der Waals surface area contributed by atoms with Crippen molar-refractivity contribution in [2.24, 2.45) is 0 Å². The van der Waals surface area contributed by atoms with Crippen molar-refractivity contribution in [2.75, 3.05) is 39.4 Å². The number of likely N-dealkylation sites (tertiary alicyclic amines) is 1. The number of aliphatic hydroxyl groups excluding tert-OH is 1. The number of ether oxygens (including phenoxy) is 2. The molecule has 8 heteroatoms. The summed E-state index contributed by atoms with van der Waals surface area (Å²) in [6.45, 7) is 6.60. The molecule has 3 heterocycles. The van der Waals surface area contributed by atoms with E-state index in [1.54, 1.807) is 41.6 Å². The van der Waals surface area contributed by atoms with Crippen LogP contribution in [-0.2, 0) is 20.9 Å². The van der Waals surface area contributed by atoms with Crippen molar-refractivity contribution < 1.29 is 24.2 Å². The van der Waals surface area contributed by atoms with Crippen molar-refractivity contribution in [3.05, 3.63) is 101 Å². The highest BCUT2D eigenvalue weighted by molar-refractivity contribution is 6.46. The molecule has 5 rings (SSSR count). The minimum absolute atomic E-state index is 0.0960. The van der Waals surface area contributed by atoms with Gasteiger partial charge in [0.2, 0.25) is 0 Å². The van der Waals surface area contributed by atoms with Crippen LogP contribution < -0.4 is 4.74 Å². The molecule has 8 nitrogen and oxygen atoms in total. The second-order valence-corrected chi connectivity index (χ2v) is 9.83. The third kappa shape index (κ3) is 6.02. The maximum absolute atomic E-state index is 13.3. The van der Waals surface area contributed by atoms with Crippen LogP contribution in [0, 0.1) is 6.92 Å². The Balaban J connectivity index is 1.40. The summed E-state index contributed by atoms with van der Waals surface area (Å²) in [4.78, 5) is 34.6. The number of rotatable bonds is 9. The van der Waals surface area contributed by atoms with Crippen LogP contribution in [0.4, 0.5) is 0 Å². The number of Topliss-reactive ketones (excluding diaryl/α,β-unsaturated/α-hetero) is 1. The van der Waals surface area contributed by atoms with Crippen molar-refractivity contribution in [1.29, 1.82) is 0 Å². The zero-order chi connectivity index (χ0) is 27.2. The molecular weight excluding hydrogens is 494 g/mol. The Labute approximate surface area is 228 Å². The highest BCUT2D eigenvalue weighted by atomic mass is 16.5. The number of aryl methyl sites for hydroxylation is 1. The lowest BCUT2D eigenvalue weighted by Gasteiger charge is -2.29. The fourth-order valence-corrected chi connectivity index (χ4v) is 5.17. The quantitative estimate of drug-likeness (QED) is 0.254. The number of hydrogen-bond donors (Lipinski definition) is 1. The molecule has 202 valence electrons. The van der Waals surface area contributed by atoms with Gasteiger partial charge >= 0.3 is 0 Å². The van der Waals surface area contributed by atoms with Gasteiger partial charge < -0.3 is 19.5 Å². The first-order valence-corrected chi connectivity index (χ1v) is 13.3. The van der Waals surface area contributed by atoms with E-state index in [4.69, 9.17) is 9.47 Å². The molecule has 2 saturated heterocycles. The van der Waals surface area contributed by atoms with Gasteiger partial charge in [0.15, 0.2) is 0 Å². The van der Waals surface area contributed by atoms with Crippen molar-refractivity contribution in [3.8, 4) is 5.75 Å². The fraction of sp³-hybridized carbons (Fsp3) is 0.323. The van der Waals surface area contributed by atoms with Crippen LogP contribution in [0.1, 0.15) is 34.7 Å². The third-order valence-electron chi connectivity index (χ3n) is 7.24. The number of aromatic nitrogens is 1. The Morgan fingerprint density at radius 1 is 1.03 bits per heavy atom. The molecule has 0 bridgehead atoms. The van der Waals surface area contributed by atoms with Gasteiger partial charge in [0.1, 0.15) is 18.1 Å². The van der Waals surface area contributed by atoms with Gasteiger partial charge in [-0.2, -0.15) is 0 Å². The van der Waals surface area contributed by atoms with E-state index in [1.165, 1.54) is 0 Å². The number of benzene rings is 2. The normalized spacial score (nSPS) is 19.4. The van der Waals surface area contributed by atoms with Crippen molar-refractivity contribution in [2.45, 2.75) is 26.0 Å². The van der Waals surface area contributed by atoms with Gasteiger partial charge in [-0.1, -0.05) is 30.3 Å². The second kappa shape index (κ2) is 12.2. The van der Waals surface area contributed by atoms with E-state index in [2.05, 4.69) is 9.88 Å². The Morgan fingerprint density at radius 2 is 1.77 bits per heavy atom. The fourth-order valence-electron chi connectivity index (χ4n) is 5.17. The first-order valence-electron chi connectivity index (χ1n) is 13.3. The average molecular weight is 528 g/mol. The summed E-state index contributed by atoms with van der Waals surface area (Å²) >= 11 is 0. The van der Waals surface area contributed by atoms with E-state index in [9.17, 15) is 14.7 Å². The van der Waals surface area contributed by atoms with Gasteiger partial charge in [0, 0.05) is 44.1 Å². The molecule has 0 aliphatic carbocycles. The predicted molar refractivity (Wildman–Crippen MR) is 147 cm³/mol. The molecule has 1 amide bonds. The Bertz CT molecular complexity index is 1340. The lowest BCUT2D eigenvalue weighted by atomic mass is 9.94. The average Bonchev–Trinajstić information content (AvgIpc) is 3.22. The van der Waals surface area contributed by atoms with Gasteiger partial charge in [-0.25, -0.2) is 0 Å². The maximum Gasteiger partial charge on any atom is 0.295 e. The lowest BCUT2D eigenvalue weighted by Crippen LogP contribution is -2.38. The number of amides is 1. The van der Waals surface area contributed by atoms with E-state index in [0.717, 1.165) is 36.3 Å². The summed E-state index contributed by atoms with van der Waals surface area (Å²) in [5.74, 6) is -0.801. The topological polar surface area (TPSA) is 92.2 Å². The molecule has 3 aromatic rings. The molecule has 1 N–H and O–H groups in total. The second-order valence-electron chi connectivity index (χ2n) is 9.83. The van der Waals surface area contributed by atoms with Gasteiger partial charge in [0.25, 0.3) is 11.7 Å². The smallest absolute Gasteiger partial charge is 0.295 e. The number of ketones is 1. The van der Waals surface area contributed by atoms with E-state index >= 15 is 0 Å². The Morgan fingerprint density at radius 3 is 2.49 bits per heavy atom.